The molecule has 0 bridgehead atoms. The lowest BCUT2D eigenvalue weighted by molar-refractivity contribution is -0.121. The SMILES string of the molecule is CCc1ccc(C(CNC(=O)CCc2ccc(C)cc2)N(C)C)cc1. The number of likely N-dealkylation sites (N-methyl/N-ethyl adjacent to an activating group) is 1. The summed E-state index contributed by atoms with van der Waals surface area (Å²) in [4.78, 5) is 14.4. The van der Waals surface area contributed by atoms with Crippen LogP contribution in [0.3, 0.4) is 0 Å². The van der Waals surface area contributed by atoms with Gasteiger partial charge in [0.05, 0.1) is 6.04 Å². The van der Waals surface area contributed by atoms with Gasteiger partial charge in [-0.25, -0.2) is 0 Å². The van der Waals surface area contributed by atoms with Gasteiger partial charge in [-0.3, -0.25) is 4.79 Å². The van der Waals surface area contributed by atoms with Gasteiger partial charge in [0.2, 0.25) is 5.91 Å². The van der Waals surface area contributed by atoms with Crippen LogP contribution in [0.2, 0.25) is 0 Å². The van der Waals surface area contributed by atoms with Gasteiger partial charge < -0.3 is 10.2 Å². The monoisotopic (exact) mass is 338 g/mol. The summed E-state index contributed by atoms with van der Waals surface area (Å²) in [5.74, 6) is 0.109. The number of nitrogens with one attached hydrogen (secondary N) is 1. The average Bonchev–Trinajstić information content (AvgIpc) is 2.61. The minimum Gasteiger partial charge on any atom is -0.354 e. The standard InChI is InChI=1S/C22H30N2O/c1-5-18-10-13-20(14-11-18)21(24(3)4)16-23-22(25)15-12-19-8-6-17(2)7-9-19/h6-11,13-14,21H,5,12,15-16H2,1-4H3,(H,23,25). The summed E-state index contributed by atoms with van der Waals surface area (Å²) >= 11 is 0. The van der Waals surface area contributed by atoms with Gasteiger partial charge in [0.25, 0.3) is 0 Å². The smallest absolute Gasteiger partial charge is 0.220 e. The molecule has 1 N–H and O–H groups in total. The Balaban J connectivity index is 1.87. The van der Waals surface area contributed by atoms with E-state index >= 15 is 0 Å². The van der Waals surface area contributed by atoms with Crippen molar-refractivity contribution < 1.29 is 4.79 Å². The van der Waals surface area contributed by atoms with E-state index < -0.39 is 0 Å². The van der Waals surface area contributed by atoms with E-state index in [1.807, 2.05) is 0 Å². The zero-order valence-electron chi connectivity index (χ0n) is 15.9. The molecule has 2 rings (SSSR count). The number of aryl methyl sites for hydroxylation is 3. The van der Waals surface area contributed by atoms with Crippen molar-refractivity contribution in [3.8, 4) is 0 Å². The molecule has 0 fully saturated rings. The second-order valence-corrected chi connectivity index (χ2v) is 6.86. The molecule has 1 amide bonds. The minimum atomic E-state index is 0.109. The normalized spacial score (nSPS) is 12.2. The summed E-state index contributed by atoms with van der Waals surface area (Å²) in [5, 5.41) is 3.09. The fourth-order valence-corrected chi connectivity index (χ4v) is 2.89. The van der Waals surface area contributed by atoms with Crippen molar-refractivity contribution in [2.75, 3.05) is 20.6 Å². The van der Waals surface area contributed by atoms with Gasteiger partial charge in [-0.15, -0.1) is 0 Å². The quantitative estimate of drug-likeness (QED) is 0.791. The fraction of sp³-hybridized carbons (Fsp3) is 0.409. The van der Waals surface area contributed by atoms with E-state index in [-0.39, 0.29) is 11.9 Å². The molecule has 0 aromatic heterocycles. The molecular formula is C22H30N2O. The predicted molar refractivity (Wildman–Crippen MR) is 105 cm³/mol. The van der Waals surface area contributed by atoms with Crippen molar-refractivity contribution in [1.82, 2.24) is 10.2 Å². The molecule has 3 nitrogen and oxygen atoms in total. The molecule has 0 saturated heterocycles. The number of benzene rings is 2. The summed E-state index contributed by atoms with van der Waals surface area (Å²) < 4.78 is 0. The van der Waals surface area contributed by atoms with Crippen LogP contribution in [0.1, 0.15) is 41.6 Å². The topological polar surface area (TPSA) is 32.3 Å². The maximum atomic E-state index is 12.2. The van der Waals surface area contributed by atoms with E-state index in [1.54, 1.807) is 0 Å². The highest BCUT2D eigenvalue weighted by molar-refractivity contribution is 5.76. The van der Waals surface area contributed by atoms with Crippen LogP contribution in [-0.2, 0) is 17.6 Å². The average molecular weight is 338 g/mol. The maximum absolute atomic E-state index is 12.2. The van der Waals surface area contributed by atoms with Crippen LogP contribution >= 0.6 is 0 Å². The summed E-state index contributed by atoms with van der Waals surface area (Å²) in [7, 11) is 4.10. The Morgan fingerprint density at radius 1 is 1.00 bits per heavy atom. The van der Waals surface area contributed by atoms with E-state index in [4.69, 9.17) is 0 Å². The Labute approximate surface area is 152 Å². The molecule has 1 unspecified atom stereocenters. The predicted octanol–water partition coefficient (Wildman–Crippen LogP) is 3.91. The van der Waals surface area contributed by atoms with Gasteiger partial charge in [-0.2, -0.15) is 0 Å². The molecule has 0 aliphatic carbocycles. The van der Waals surface area contributed by atoms with Gasteiger partial charge in [-0.1, -0.05) is 61.0 Å². The number of hydrogen-bond acceptors (Lipinski definition) is 2. The van der Waals surface area contributed by atoms with Crippen LogP contribution in [0.15, 0.2) is 48.5 Å². The van der Waals surface area contributed by atoms with Crippen LogP contribution < -0.4 is 5.32 Å². The molecule has 0 aliphatic heterocycles. The molecule has 0 spiro atoms. The van der Waals surface area contributed by atoms with Crippen molar-refractivity contribution in [2.45, 2.75) is 39.2 Å². The largest absolute Gasteiger partial charge is 0.354 e. The highest BCUT2D eigenvalue weighted by Gasteiger charge is 2.15. The van der Waals surface area contributed by atoms with E-state index in [2.05, 4.69) is 86.7 Å². The molecule has 3 heteroatoms. The van der Waals surface area contributed by atoms with E-state index in [0.717, 1.165) is 12.8 Å². The molecular weight excluding hydrogens is 308 g/mol. The Morgan fingerprint density at radius 2 is 1.60 bits per heavy atom. The zero-order chi connectivity index (χ0) is 18.2. The van der Waals surface area contributed by atoms with Crippen LogP contribution in [-0.4, -0.2) is 31.4 Å². The Morgan fingerprint density at radius 3 is 2.16 bits per heavy atom. The first-order chi connectivity index (χ1) is 12.0. The van der Waals surface area contributed by atoms with E-state index in [0.29, 0.717) is 13.0 Å². The summed E-state index contributed by atoms with van der Waals surface area (Å²) in [6.07, 6.45) is 2.35. The second-order valence-electron chi connectivity index (χ2n) is 6.86. The molecule has 0 saturated carbocycles. The number of rotatable bonds is 8. The molecule has 0 radical (unpaired) electrons. The van der Waals surface area contributed by atoms with Crippen LogP contribution in [0, 0.1) is 6.92 Å². The fourth-order valence-electron chi connectivity index (χ4n) is 2.89. The Bertz CT molecular complexity index is 659. The molecule has 1 atom stereocenters. The summed E-state index contributed by atoms with van der Waals surface area (Å²) in [6.45, 7) is 4.86. The van der Waals surface area contributed by atoms with Crippen molar-refractivity contribution in [3.05, 3.63) is 70.8 Å². The van der Waals surface area contributed by atoms with E-state index in [9.17, 15) is 4.79 Å². The van der Waals surface area contributed by atoms with Crippen molar-refractivity contribution >= 4 is 5.91 Å². The van der Waals surface area contributed by atoms with Gasteiger partial charge in [-0.05, 0) is 50.6 Å². The number of carbonyl (C=O) groups is 1. The van der Waals surface area contributed by atoms with Gasteiger partial charge >= 0.3 is 0 Å². The number of amides is 1. The van der Waals surface area contributed by atoms with Crippen LogP contribution in [0.4, 0.5) is 0 Å². The van der Waals surface area contributed by atoms with Gasteiger partial charge in [0.1, 0.15) is 0 Å². The lowest BCUT2D eigenvalue weighted by Crippen LogP contribution is -2.34. The first kappa shape index (κ1) is 19.2. The highest BCUT2D eigenvalue weighted by atomic mass is 16.1. The van der Waals surface area contributed by atoms with Crippen molar-refractivity contribution in [3.63, 3.8) is 0 Å². The molecule has 2 aromatic rings. The van der Waals surface area contributed by atoms with Crippen molar-refractivity contribution in [1.29, 1.82) is 0 Å². The van der Waals surface area contributed by atoms with Crippen LogP contribution in [0.5, 0.6) is 0 Å². The lowest BCUT2D eigenvalue weighted by Gasteiger charge is -2.25. The highest BCUT2D eigenvalue weighted by Crippen LogP contribution is 2.18. The maximum Gasteiger partial charge on any atom is 0.220 e. The number of nitrogens with zero attached hydrogens (tertiary/aromatic N) is 1. The summed E-state index contributed by atoms with van der Waals surface area (Å²) in [6, 6.07) is 17.3. The lowest BCUT2D eigenvalue weighted by atomic mass is 10.0. The minimum absolute atomic E-state index is 0.109. The number of carbonyl (C=O) groups excluding carboxylic acids is 1. The van der Waals surface area contributed by atoms with Crippen molar-refractivity contribution in [2.24, 2.45) is 0 Å². The Hall–Kier alpha value is -2.13. The molecule has 0 aliphatic rings. The second kappa shape index (κ2) is 9.38. The summed E-state index contributed by atoms with van der Waals surface area (Å²) in [5.41, 5.74) is 5.03. The molecule has 25 heavy (non-hydrogen) atoms. The molecule has 134 valence electrons. The third-order valence-corrected chi connectivity index (χ3v) is 4.65. The molecule has 2 aromatic carbocycles. The van der Waals surface area contributed by atoms with E-state index in [1.165, 1.54) is 22.3 Å². The first-order valence-corrected chi connectivity index (χ1v) is 9.07. The Kier molecular flexibility index (Phi) is 7.20. The zero-order valence-corrected chi connectivity index (χ0v) is 15.9. The van der Waals surface area contributed by atoms with Crippen LogP contribution in [0.25, 0.3) is 0 Å². The third kappa shape index (κ3) is 6.02. The first-order valence-electron chi connectivity index (χ1n) is 9.07. The third-order valence-electron chi connectivity index (χ3n) is 4.65. The van der Waals surface area contributed by atoms with Gasteiger partial charge in [0, 0.05) is 13.0 Å². The number of hydrogen-bond donors (Lipinski definition) is 1. The molecule has 0 heterocycles. The van der Waals surface area contributed by atoms with Gasteiger partial charge in [0.15, 0.2) is 0 Å².